The Morgan fingerprint density at radius 2 is 0.775 bits per heavy atom. The number of rotatable bonds is 53. The van der Waals surface area contributed by atoms with Crippen LogP contribution in [-0.4, -0.2) is 72.5 Å². The number of benzene rings is 4. The third-order valence-electron chi connectivity index (χ3n) is 20.4. The van der Waals surface area contributed by atoms with Crippen LogP contribution in [0.3, 0.4) is 0 Å². The Hall–Kier alpha value is -7.84. The highest BCUT2D eigenvalue weighted by Gasteiger charge is 2.45. The number of carboxylic acid groups (broad SMARTS) is 2. The summed E-state index contributed by atoms with van der Waals surface area (Å²) in [6.45, 7) is 13.6. The maximum Gasteiger partial charge on any atom is 0.349 e. The normalized spacial score (nSPS) is 13.6. The van der Waals surface area contributed by atoms with Gasteiger partial charge in [-0.2, -0.15) is 10.5 Å². The molecule has 0 saturated carbocycles. The first-order valence-corrected chi connectivity index (χ1v) is 38.9. The van der Waals surface area contributed by atoms with Gasteiger partial charge in [0.2, 0.25) is 0 Å². The first kappa shape index (κ1) is 84.8. The maximum atomic E-state index is 15.5. The fourth-order valence-corrected chi connectivity index (χ4v) is 14.2. The predicted molar refractivity (Wildman–Crippen MR) is 406 cm³/mol. The molecular weight excluding hydrogens is 1280 g/mol. The maximum absolute atomic E-state index is 15.5. The number of nitrogens with zero attached hydrogens (tertiary/aromatic N) is 2. The van der Waals surface area contributed by atoms with Gasteiger partial charge in [-0.05, 0) is 64.5 Å². The Kier molecular flexibility index (Phi) is 38.8. The van der Waals surface area contributed by atoms with E-state index in [4.69, 9.17) is 18.9 Å². The van der Waals surface area contributed by atoms with Crippen molar-refractivity contribution >= 4 is 47.0 Å². The molecule has 6 atom stereocenters. The van der Waals surface area contributed by atoms with E-state index in [-0.39, 0.29) is 62.8 Å². The fraction of sp³-hybridized carbons (Fsp3) is 0.591. The number of carbonyl (C=O) groups is 6. The first-order valence-electron chi connectivity index (χ1n) is 38.9. The summed E-state index contributed by atoms with van der Waals surface area (Å²) in [6.07, 6.45) is 33.3. The largest absolute Gasteiger partial charge is 0.481 e. The Morgan fingerprint density at radius 1 is 0.412 bits per heavy atom. The van der Waals surface area contributed by atoms with Gasteiger partial charge in [0.15, 0.2) is 0 Å². The second-order valence-corrected chi connectivity index (χ2v) is 30.6. The summed E-state index contributed by atoms with van der Waals surface area (Å²) in [7, 11) is 0. The molecule has 556 valence electrons. The number of ether oxygens (including phenoxy) is 4. The molecule has 14 nitrogen and oxygen atoms in total. The van der Waals surface area contributed by atoms with Crippen LogP contribution in [0.25, 0.3) is 22.3 Å². The lowest BCUT2D eigenvalue weighted by Crippen LogP contribution is -2.42. The summed E-state index contributed by atoms with van der Waals surface area (Å²) in [5.74, 6) is -12.2. The second-order valence-electron chi connectivity index (χ2n) is 30.6. The molecule has 1 aliphatic carbocycles. The van der Waals surface area contributed by atoms with Crippen LogP contribution in [0.15, 0.2) is 120 Å². The van der Waals surface area contributed by atoms with Crippen molar-refractivity contribution in [1.82, 2.24) is 0 Å². The Morgan fingerprint density at radius 3 is 1.17 bits per heavy atom. The van der Waals surface area contributed by atoms with Crippen LogP contribution < -0.4 is 0 Å². The van der Waals surface area contributed by atoms with Gasteiger partial charge in [0, 0.05) is 22.0 Å². The zero-order valence-corrected chi connectivity index (χ0v) is 63.2. The van der Waals surface area contributed by atoms with E-state index in [1.54, 1.807) is 27.7 Å². The molecule has 102 heavy (non-hydrogen) atoms. The molecule has 0 spiro atoms. The molecule has 14 heteroatoms. The summed E-state index contributed by atoms with van der Waals surface area (Å²) in [5.41, 5.74) is 2.86. The Balaban J connectivity index is 1.41. The van der Waals surface area contributed by atoms with Gasteiger partial charge in [-0.1, -0.05) is 351 Å². The minimum atomic E-state index is -1.36. The van der Waals surface area contributed by atoms with E-state index >= 15 is 4.79 Å². The molecule has 4 aromatic rings. The Labute approximate surface area is 611 Å². The predicted octanol–water partition coefficient (Wildman–Crippen LogP) is 21.7. The zero-order chi connectivity index (χ0) is 74.1. The summed E-state index contributed by atoms with van der Waals surface area (Å²) in [5, 5.41) is 43.3. The van der Waals surface area contributed by atoms with Gasteiger partial charge in [0.05, 0.1) is 36.9 Å². The molecule has 0 aromatic heterocycles. The van der Waals surface area contributed by atoms with Gasteiger partial charge in [-0.15, -0.1) is 0 Å². The first-order chi connectivity index (χ1) is 49.2. The third kappa shape index (κ3) is 29.1. The van der Waals surface area contributed by atoms with E-state index in [0.717, 1.165) is 86.5 Å². The summed E-state index contributed by atoms with van der Waals surface area (Å²) < 4.78 is 24.1. The van der Waals surface area contributed by atoms with Crippen molar-refractivity contribution in [2.75, 3.05) is 26.4 Å². The number of hydrogen-bond acceptors (Lipinski definition) is 12. The molecule has 0 bridgehead atoms. The van der Waals surface area contributed by atoms with Crippen molar-refractivity contribution in [2.24, 2.45) is 46.3 Å². The lowest BCUT2D eigenvalue weighted by Gasteiger charge is -2.35. The smallest absolute Gasteiger partial charge is 0.349 e. The fourth-order valence-electron chi connectivity index (χ4n) is 14.2. The third-order valence-corrected chi connectivity index (χ3v) is 20.4. The topological polar surface area (TPSA) is 227 Å². The van der Waals surface area contributed by atoms with Crippen molar-refractivity contribution in [2.45, 2.75) is 261 Å². The minimum absolute atomic E-state index is 0.123. The van der Waals surface area contributed by atoms with Crippen LogP contribution in [-0.2, 0) is 47.7 Å². The van der Waals surface area contributed by atoms with Crippen molar-refractivity contribution < 1.29 is 57.9 Å². The van der Waals surface area contributed by atoms with Crippen molar-refractivity contribution in [3.8, 4) is 23.3 Å². The summed E-state index contributed by atoms with van der Waals surface area (Å²) >= 11 is 0. The molecule has 0 saturated heterocycles. The van der Waals surface area contributed by atoms with Crippen LogP contribution in [0.1, 0.15) is 283 Å². The molecule has 1 aliphatic rings. The van der Waals surface area contributed by atoms with E-state index in [1.165, 1.54) is 122 Å². The van der Waals surface area contributed by atoms with Gasteiger partial charge in [0.1, 0.15) is 36.5 Å². The quantitative estimate of drug-likeness (QED) is 0.0121. The summed E-state index contributed by atoms with van der Waals surface area (Å²) in [4.78, 5) is 85.8. The van der Waals surface area contributed by atoms with Crippen molar-refractivity contribution in [1.29, 1.82) is 10.5 Å². The highest BCUT2D eigenvalue weighted by molar-refractivity contribution is 6.12. The van der Waals surface area contributed by atoms with Gasteiger partial charge >= 0.3 is 35.8 Å². The number of carboxylic acids is 2. The highest BCUT2D eigenvalue weighted by atomic mass is 16.6. The average Bonchev–Trinajstić information content (AvgIpc) is 1.60. The lowest BCUT2D eigenvalue weighted by molar-refractivity contribution is -0.168. The van der Waals surface area contributed by atoms with E-state index in [9.17, 15) is 44.7 Å². The SMILES string of the molecule is CCCCCCCCCCCCCCCCC(C)CC(C(=O)O)C(C(=O)OCC(C)(C)COC(=O)C(C#N)=C(c1ccccc1)c1ccccc1)C(CCCCCCCCCCCCCCCC)CC(C(=O)OCC(C)(C)COC(=O)C(C#N)=C1c2ccccc2-c2ccccc21)C(C)C(=O)O. The van der Waals surface area contributed by atoms with Gasteiger partial charge in [-0.25, -0.2) is 9.59 Å². The van der Waals surface area contributed by atoms with E-state index in [2.05, 4.69) is 26.0 Å². The Bertz CT molecular complexity index is 3260. The van der Waals surface area contributed by atoms with E-state index in [1.807, 2.05) is 116 Å². The van der Waals surface area contributed by atoms with Gasteiger partial charge in [0.25, 0.3) is 0 Å². The minimum Gasteiger partial charge on any atom is -0.481 e. The molecule has 6 unspecified atom stereocenters. The van der Waals surface area contributed by atoms with E-state index < -0.39 is 76.2 Å². The molecular formula is C88H122N2O12. The molecule has 5 rings (SSSR count). The van der Waals surface area contributed by atoms with E-state index in [0.29, 0.717) is 28.7 Å². The lowest BCUT2D eigenvalue weighted by atomic mass is 9.70. The number of fused-ring (bicyclic) bond motifs is 3. The number of hydrogen-bond donors (Lipinski definition) is 2. The molecule has 0 heterocycles. The molecule has 0 fully saturated rings. The zero-order valence-electron chi connectivity index (χ0n) is 63.2. The molecule has 0 amide bonds. The second kappa shape index (κ2) is 46.7. The molecule has 4 aromatic carbocycles. The monoisotopic (exact) mass is 1400 g/mol. The average molecular weight is 1400 g/mol. The van der Waals surface area contributed by atoms with Crippen LogP contribution in [0, 0.1) is 69.0 Å². The number of unbranched alkanes of at least 4 members (excludes halogenated alkanes) is 26. The van der Waals surface area contributed by atoms with Crippen LogP contribution >= 0.6 is 0 Å². The standard InChI is InChI=1S/C88H122N2O12/c1-9-11-13-15-17-19-21-23-25-27-29-31-33-37-47-65(3)57-75(82(93)94)79(86(98)102-64-88(7,8)63-100-84(96)76(59-89)78(67-48-39-35-40-49-67)68-50-41-36-42-51-68)69(52-38-34-32-30-28-26-24-22-20-18-16-14-12-10-2)58-74(66(4)81(91)92)83(95)99-61-87(5,6)62-101-85(97)77(60-90)80-72-55-45-43-53-70(72)71-54-44-46-56-73(71)80/h35-36,39-46,48-51,53-56,65-66,69,74-75,79H,9-34,37-38,47,52,57-58,61-64H2,1-8H3,(H,91,92)(H,93,94). The number of nitriles is 2. The summed E-state index contributed by atoms with van der Waals surface area (Å²) in [6, 6.07) is 37.4. The number of carbonyl (C=O) groups excluding carboxylic acids is 4. The molecule has 0 aliphatic heterocycles. The van der Waals surface area contributed by atoms with Crippen molar-refractivity contribution in [3.63, 3.8) is 0 Å². The molecule has 0 radical (unpaired) electrons. The van der Waals surface area contributed by atoms with Gasteiger partial charge < -0.3 is 29.2 Å². The number of esters is 4. The van der Waals surface area contributed by atoms with Crippen molar-refractivity contribution in [3.05, 3.63) is 143 Å². The number of aliphatic carboxylic acids is 2. The van der Waals surface area contributed by atoms with Crippen LogP contribution in [0.4, 0.5) is 0 Å². The highest BCUT2D eigenvalue weighted by Crippen LogP contribution is 2.46. The van der Waals surface area contributed by atoms with Crippen LogP contribution in [0.5, 0.6) is 0 Å². The van der Waals surface area contributed by atoms with Gasteiger partial charge in [-0.3, -0.25) is 19.2 Å². The van der Waals surface area contributed by atoms with Crippen LogP contribution in [0.2, 0.25) is 0 Å². The molecule has 2 N–H and O–H groups in total.